The quantitative estimate of drug-likeness (QED) is 0.834. The summed E-state index contributed by atoms with van der Waals surface area (Å²) in [6, 6.07) is 18.1. The minimum atomic E-state index is -0.0438. The molecule has 1 atom stereocenters. The fourth-order valence-electron chi connectivity index (χ4n) is 2.57. The van der Waals surface area contributed by atoms with Gasteiger partial charge in [0.2, 0.25) is 5.91 Å². The minimum absolute atomic E-state index is 0. The molecule has 3 nitrogen and oxygen atoms in total. The number of hydrogen-bond donors (Lipinski definition) is 2. The Bertz CT molecular complexity index is 647. The minimum Gasteiger partial charge on any atom is -0.325 e. The summed E-state index contributed by atoms with van der Waals surface area (Å²) in [6.45, 7) is 0.932. The van der Waals surface area contributed by atoms with E-state index in [0.717, 1.165) is 30.6 Å². The Labute approximate surface area is 143 Å². The second-order valence-corrected chi connectivity index (χ2v) is 5.50. The van der Waals surface area contributed by atoms with Crippen LogP contribution in [0.2, 0.25) is 0 Å². The highest BCUT2D eigenvalue weighted by atomic mass is 35.5. The first-order valence-electron chi connectivity index (χ1n) is 7.69. The molecule has 2 aromatic rings. The molecular formula is C19H21ClN2O. The molecule has 0 aromatic heterocycles. The smallest absolute Gasteiger partial charge is 0.241 e. The van der Waals surface area contributed by atoms with Gasteiger partial charge in [0.15, 0.2) is 0 Å². The molecular weight excluding hydrogens is 308 g/mol. The summed E-state index contributed by atoms with van der Waals surface area (Å²) in [7, 11) is 0. The van der Waals surface area contributed by atoms with Gasteiger partial charge in [0, 0.05) is 5.69 Å². The lowest BCUT2D eigenvalue weighted by Crippen LogP contribution is -2.35. The van der Waals surface area contributed by atoms with Crippen molar-refractivity contribution in [3.05, 3.63) is 65.7 Å². The summed E-state index contributed by atoms with van der Waals surface area (Å²) in [5, 5.41) is 6.16. The van der Waals surface area contributed by atoms with E-state index in [1.807, 2.05) is 42.5 Å². The van der Waals surface area contributed by atoms with Crippen LogP contribution in [0.15, 0.2) is 54.6 Å². The lowest BCUT2D eigenvalue weighted by Gasteiger charge is -2.11. The number of amides is 1. The van der Waals surface area contributed by atoms with E-state index in [-0.39, 0.29) is 24.4 Å². The fourth-order valence-corrected chi connectivity index (χ4v) is 2.57. The van der Waals surface area contributed by atoms with E-state index in [1.165, 1.54) is 5.56 Å². The Balaban J connectivity index is 0.00000192. The van der Waals surface area contributed by atoms with Crippen molar-refractivity contribution in [1.29, 1.82) is 0 Å². The first-order valence-corrected chi connectivity index (χ1v) is 7.69. The van der Waals surface area contributed by atoms with Gasteiger partial charge in [-0.15, -0.1) is 12.4 Å². The average Bonchev–Trinajstić information content (AvgIpc) is 3.10. The third-order valence-corrected chi connectivity index (χ3v) is 3.82. The third kappa shape index (κ3) is 4.95. The molecule has 2 aromatic carbocycles. The van der Waals surface area contributed by atoms with Crippen LogP contribution >= 0.6 is 12.4 Å². The Morgan fingerprint density at radius 2 is 1.65 bits per heavy atom. The van der Waals surface area contributed by atoms with Gasteiger partial charge in [-0.05, 0) is 42.6 Å². The van der Waals surface area contributed by atoms with Crippen LogP contribution in [-0.4, -0.2) is 18.5 Å². The molecule has 0 bridgehead atoms. The number of benzene rings is 2. The van der Waals surface area contributed by atoms with E-state index in [2.05, 4.69) is 34.9 Å². The highest BCUT2D eigenvalue weighted by Crippen LogP contribution is 2.14. The van der Waals surface area contributed by atoms with Crippen LogP contribution < -0.4 is 10.6 Å². The van der Waals surface area contributed by atoms with E-state index in [9.17, 15) is 4.79 Å². The zero-order chi connectivity index (χ0) is 15.2. The van der Waals surface area contributed by atoms with Gasteiger partial charge in [0.05, 0.1) is 6.04 Å². The molecule has 0 saturated carbocycles. The van der Waals surface area contributed by atoms with Gasteiger partial charge in [0.1, 0.15) is 0 Å². The first kappa shape index (κ1) is 17.3. The maximum absolute atomic E-state index is 12.0. The van der Waals surface area contributed by atoms with Gasteiger partial charge >= 0.3 is 0 Å². The molecule has 0 spiro atoms. The maximum atomic E-state index is 12.0. The number of carbonyl (C=O) groups is 1. The second kappa shape index (κ2) is 8.51. The molecule has 1 fully saturated rings. The molecule has 0 aliphatic carbocycles. The third-order valence-electron chi connectivity index (χ3n) is 3.82. The predicted molar refractivity (Wildman–Crippen MR) is 98.7 cm³/mol. The Morgan fingerprint density at radius 1 is 1.00 bits per heavy atom. The van der Waals surface area contributed by atoms with Crippen molar-refractivity contribution in [3.63, 3.8) is 0 Å². The van der Waals surface area contributed by atoms with Gasteiger partial charge < -0.3 is 10.6 Å². The van der Waals surface area contributed by atoms with Crippen molar-refractivity contribution < 1.29 is 4.79 Å². The van der Waals surface area contributed by atoms with E-state index in [0.29, 0.717) is 0 Å². The van der Waals surface area contributed by atoms with Gasteiger partial charge in [-0.3, -0.25) is 4.79 Å². The summed E-state index contributed by atoms with van der Waals surface area (Å²) in [4.78, 5) is 12.0. The van der Waals surface area contributed by atoms with Crippen LogP contribution in [-0.2, 0) is 4.79 Å². The zero-order valence-corrected chi connectivity index (χ0v) is 13.7. The molecule has 0 radical (unpaired) electrons. The molecule has 1 aliphatic heterocycles. The molecule has 1 amide bonds. The maximum Gasteiger partial charge on any atom is 0.241 e. The van der Waals surface area contributed by atoms with Crippen LogP contribution in [0.3, 0.4) is 0 Å². The van der Waals surface area contributed by atoms with E-state index >= 15 is 0 Å². The van der Waals surface area contributed by atoms with Gasteiger partial charge in [0.25, 0.3) is 0 Å². The Kier molecular flexibility index (Phi) is 6.39. The summed E-state index contributed by atoms with van der Waals surface area (Å²) < 4.78 is 0. The van der Waals surface area contributed by atoms with E-state index < -0.39 is 0 Å². The number of halogens is 1. The summed E-state index contributed by atoms with van der Waals surface area (Å²) in [5.74, 6) is 0.0603. The second-order valence-electron chi connectivity index (χ2n) is 5.50. The highest BCUT2D eigenvalue weighted by Gasteiger charge is 2.21. The number of anilines is 1. The topological polar surface area (TPSA) is 41.1 Å². The van der Waals surface area contributed by atoms with Crippen molar-refractivity contribution in [2.75, 3.05) is 11.9 Å². The lowest BCUT2D eigenvalue weighted by molar-refractivity contribution is -0.117. The normalized spacial score (nSPS) is 17.0. The van der Waals surface area contributed by atoms with Crippen LogP contribution in [0.1, 0.15) is 24.0 Å². The number of rotatable bonds is 4. The Morgan fingerprint density at radius 3 is 2.26 bits per heavy atom. The molecule has 1 heterocycles. The predicted octanol–water partition coefficient (Wildman–Crippen LogP) is 3.97. The van der Waals surface area contributed by atoms with Crippen molar-refractivity contribution >= 4 is 36.2 Å². The first-order chi connectivity index (χ1) is 10.8. The SMILES string of the molecule is Cl.O=C(Nc1ccc(C=Cc2ccccc2)cc1)[C@H]1CCCN1. The monoisotopic (exact) mass is 328 g/mol. The van der Waals surface area contributed by atoms with Gasteiger partial charge in [-0.2, -0.15) is 0 Å². The van der Waals surface area contributed by atoms with Crippen molar-refractivity contribution in [2.24, 2.45) is 0 Å². The molecule has 0 unspecified atom stereocenters. The largest absolute Gasteiger partial charge is 0.325 e. The molecule has 4 heteroatoms. The lowest BCUT2D eigenvalue weighted by atomic mass is 10.1. The highest BCUT2D eigenvalue weighted by molar-refractivity contribution is 5.95. The standard InChI is InChI=1S/C19H20N2O.ClH/c22-19(18-7-4-14-20-18)21-17-12-10-16(11-13-17)9-8-15-5-2-1-3-6-15;/h1-3,5-6,8-13,18,20H,4,7,14H2,(H,21,22);1H/t18-;/m1./s1. The molecule has 1 aliphatic rings. The summed E-state index contributed by atoms with van der Waals surface area (Å²) in [5.41, 5.74) is 3.13. The zero-order valence-electron chi connectivity index (χ0n) is 12.9. The fraction of sp³-hybridized carbons (Fsp3) is 0.211. The van der Waals surface area contributed by atoms with Crippen molar-refractivity contribution in [1.82, 2.24) is 5.32 Å². The van der Waals surface area contributed by atoms with Crippen LogP contribution in [0.4, 0.5) is 5.69 Å². The van der Waals surface area contributed by atoms with Crippen molar-refractivity contribution in [3.8, 4) is 0 Å². The van der Waals surface area contributed by atoms with Crippen LogP contribution in [0.25, 0.3) is 12.2 Å². The van der Waals surface area contributed by atoms with Gasteiger partial charge in [-0.25, -0.2) is 0 Å². The molecule has 23 heavy (non-hydrogen) atoms. The van der Waals surface area contributed by atoms with E-state index in [1.54, 1.807) is 0 Å². The molecule has 120 valence electrons. The van der Waals surface area contributed by atoms with Gasteiger partial charge in [-0.1, -0.05) is 54.6 Å². The number of carbonyl (C=O) groups excluding carboxylic acids is 1. The number of hydrogen-bond acceptors (Lipinski definition) is 2. The average molecular weight is 329 g/mol. The van der Waals surface area contributed by atoms with Crippen LogP contribution in [0, 0.1) is 0 Å². The summed E-state index contributed by atoms with van der Waals surface area (Å²) in [6.07, 6.45) is 6.14. The molecule has 2 N–H and O–H groups in total. The number of nitrogens with one attached hydrogen (secondary N) is 2. The molecule has 3 rings (SSSR count). The van der Waals surface area contributed by atoms with Crippen LogP contribution in [0.5, 0.6) is 0 Å². The van der Waals surface area contributed by atoms with Crippen molar-refractivity contribution in [2.45, 2.75) is 18.9 Å². The Hall–Kier alpha value is -2.10. The molecule has 1 saturated heterocycles. The summed E-state index contributed by atoms with van der Waals surface area (Å²) >= 11 is 0. The van der Waals surface area contributed by atoms with E-state index in [4.69, 9.17) is 0 Å².